The molecule has 1 unspecified atom stereocenters. The van der Waals surface area contributed by atoms with Gasteiger partial charge >= 0.3 is 0 Å². The molecule has 1 aromatic heterocycles. The highest BCUT2D eigenvalue weighted by Crippen LogP contribution is 2.36. The molecule has 10 aromatic rings. The van der Waals surface area contributed by atoms with Crippen molar-refractivity contribution >= 4 is 33.3 Å². The molecule has 3 nitrogen and oxygen atoms in total. The van der Waals surface area contributed by atoms with Gasteiger partial charge < -0.3 is 9.88 Å². The Morgan fingerprint density at radius 1 is 0.344 bits per heavy atom. The number of hydrogen-bond donors (Lipinski definition) is 1. The molecule has 1 aliphatic rings. The third-order valence-electron chi connectivity index (χ3n) is 11.8. The van der Waals surface area contributed by atoms with Crippen LogP contribution in [0, 0.1) is 0 Å². The van der Waals surface area contributed by atoms with E-state index < -0.39 is 0 Å². The lowest BCUT2D eigenvalue weighted by molar-refractivity contribution is 0.880. The summed E-state index contributed by atoms with van der Waals surface area (Å²) in [6.07, 6.45) is 2.27. The molecule has 0 aliphatic carbocycles. The summed E-state index contributed by atoms with van der Waals surface area (Å²) in [6, 6.07) is 82.4. The molecule has 0 radical (unpaired) electrons. The Balaban J connectivity index is 0.964. The van der Waals surface area contributed by atoms with Crippen LogP contribution < -0.4 is 5.32 Å². The lowest BCUT2D eigenvalue weighted by Gasteiger charge is -2.24. The van der Waals surface area contributed by atoms with Crippen molar-refractivity contribution in [1.82, 2.24) is 9.88 Å². The second kappa shape index (κ2) is 15.6. The van der Waals surface area contributed by atoms with Crippen LogP contribution >= 0.6 is 0 Å². The highest BCUT2D eigenvalue weighted by molar-refractivity contribution is 6.09. The lowest BCUT2D eigenvalue weighted by Crippen LogP contribution is -2.27. The molecule has 0 spiro atoms. The van der Waals surface area contributed by atoms with Crippen molar-refractivity contribution in [3.05, 3.63) is 253 Å². The fourth-order valence-corrected chi connectivity index (χ4v) is 8.77. The maximum atomic E-state index is 5.40. The Morgan fingerprint density at radius 2 is 0.770 bits per heavy atom. The van der Waals surface area contributed by atoms with Gasteiger partial charge in [0.25, 0.3) is 0 Å². The van der Waals surface area contributed by atoms with Crippen LogP contribution in [0.1, 0.15) is 22.7 Å². The molecule has 9 aromatic carbocycles. The summed E-state index contributed by atoms with van der Waals surface area (Å²) in [5.41, 5.74) is 17.3. The molecule has 2 heterocycles. The highest BCUT2D eigenvalue weighted by atomic mass is 15.0. The van der Waals surface area contributed by atoms with Crippen molar-refractivity contribution in [2.24, 2.45) is 4.99 Å². The van der Waals surface area contributed by atoms with Crippen LogP contribution in [0.3, 0.4) is 0 Å². The van der Waals surface area contributed by atoms with Crippen molar-refractivity contribution in [1.29, 1.82) is 0 Å². The minimum absolute atomic E-state index is 0.204. The van der Waals surface area contributed by atoms with Gasteiger partial charge in [-0.05, 0) is 104 Å². The zero-order chi connectivity index (χ0) is 40.5. The Morgan fingerprint density at radius 3 is 1.34 bits per heavy atom. The first-order chi connectivity index (χ1) is 30.2. The van der Waals surface area contributed by atoms with E-state index in [1.54, 1.807) is 0 Å². The molecule has 0 fully saturated rings. The summed E-state index contributed by atoms with van der Waals surface area (Å²) in [5.74, 6) is 0.844. The number of hydrogen-bond acceptors (Lipinski definition) is 2. The largest absolute Gasteiger partial charge is 0.340 e. The van der Waals surface area contributed by atoms with Crippen LogP contribution in [0.2, 0.25) is 0 Å². The van der Waals surface area contributed by atoms with Gasteiger partial charge in [0, 0.05) is 27.7 Å². The minimum Gasteiger partial charge on any atom is -0.340 e. The average Bonchev–Trinajstić information content (AvgIpc) is 3.69. The zero-order valence-corrected chi connectivity index (χ0v) is 33.5. The first-order valence-electron chi connectivity index (χ1n) is 20.9. The third-order valence-corrected chi connectivity index (χ3v) is 11.8. The number of benzene rings is 9. The second-order valence-electron chi connectivity index (χ2n) is 15.6. The molecule has 3 heteroatoms. The minimum atomic E-state index is -0.204. The van der Waals surface area contributed by atoms with Crippen LogP contribution in [0.4, 0.5) is 0 Å². The number of nitrogens with zero attached hydrogens (tertiary/aromatic N) is 2. The molecule has 1 N–H and O–H groups in total. The molecule has 11 rings (SSSR count). The Bertz CT molecular complexity index is 3210. The van der Waals surface area contributed by atoms with Gasteiger partial charge in [0.05, 0.1) is 17.1 Å². The zero-order valence-electron chi connectivity index (χ0n) is 33.5. The average molecular weight is 780 g/mol. The number of fused-ring (bicyclic) bond motifs is 3. The SMILES string of the molecule is C1=C(c2cccc(-n3c4ccccc4c4ccccc43)c2)NC(c2cccc(-c3ccccc3)c2)=NC1c1ccc(-c2cccc(-c3cccc(-c4ccccc4)c3)c2)cc1. The van der Waals surface area contributed by atoms with E-state index in [2.05, 4.69) is 246 Å². The summed E-state index contributed by atoms with van der Waals surface area (Å²) in [5, 5.41) is 6.28. The maximum Gasteiger partial charge on any atom is 0.133 e. The summed E-state index contributed by atoms with van der Waals surface area (Å²) >= 11 is 0. The predicted octanol–water partition coefficient (Wildman–Crippen LogP) is 14.6. The van der Waals surface area contributed by atoms with Gasteiger partial charge in [-0.25, -0.2) is 0 Å². The smallest absolute Gasteiger partial charge is 0.133 e. The third kappa shape index (κ3) is 7.03. The van der Waals surface area contributed by atoms with Gasteiger partial charge in [0.1, 0.15) is 5.84 Å². The van der Waals surface area contributed by atoms with E-state index in [9.17, 15) is 0 Å². The van der Waals surface area contributed by atoms with Crippen molar-refractivity contribution in [2.45, 2.75) is 6.04 Å². The maximum absolute atomic E-state index is 5.40. The first-order valence-corrected chi connectivity index (χ1v) is 20.9. The fraction of sp³-hybridized carbons (Fsp3) is 0.0172. The standard InChI is InChI=1S/C58H41N3/c1-3-15-40(16-4-1)44-19-11-22-47(35-44)48-23-12-20-45(36-48)42-31-33-43(34-32-42)54-39-55(60-58(59-54)50-25-13-21-46(37-50)41-17-5-2-6-18-41)49-24-14-26-51(38-49)61-56-29-9-7-27-52(56)53-28-8-10-30-57(53)61/h1-39,54H,(H,59,60). The number of nitrogens with one attached hydrogen (secondary N) is 1. The van der Waals surface area contributed by atoms with Crippen molar-refractivity contribution < 1.29 is 0 Å². The Labute approximate surface area is 356 Å². The molecule has 0 saturated carbocycles. The van der Waals surface area contributed by atoms with E-state index in [0.717, 1.165) is 39.5 Å². The Kier molecular flexibility index (Phi) is 9.25. The molecule has 0 saturated heterocycles. The normalized spacial score (nSPS) is 13.7. The quantitative estimate of drug-likeness (QED) is 0.164. The monoisotopic (exact) mass is 779 g/mol. The number of aromatic nitrogens is 1. The van der Waals surface area contributed by atoms with Crippen molar-refractivity contribution in [3.8, 4) is 50.2 Å². The molecule has 1 aliphatic heterocycles. The van der Waals surface area contributed by atoms with Gasteiger partial charge in [-0.1, -0.05) is 188 Å². The molecule has 1 atom stereocenters. The molecule has 0 amide bonds. The summed E-state index contributed by atoms with van der Waals surface area (Å²) in [4.78, 5) is 5.40. The summed E-state index contributed by atoms with van der Waals surface area (Å²) in [7, 11) is 0. The van der Waals surface area contributed by atoms with Crippen LogP contribution in [0.5, 0.6) is 0 Å². The molecule has 61 heavy (non-hydrogen) atoms. The van der Waals surface area contributed by atoms with Gasteiger partial charge in [-0.15, -0.1) is 0 Å². The number of amidine groups is 1. The summed E-state index contributed by atoms with van der Waals surface area (Å²) < 4.78 is 2.38. The van der Waals surface area contributed by atoms with Gasteiger partial charge in [-0.3, -0.25) is 4.99 Å². The number of para-hydroxylation sites is 2. The second-order valence-corrected chi connectivity index (χ2v) is 15.6. The van der Waals surface area contributed by atoms with E-state index in [4.69, 9.17) is 4.99 Å². The van der Waals surface area contributed by atoms with Gasteiger partial charge in [-0.2, -0.15) is 0 Å². The summed E-state index contributed by atoms with van der Waals surface area (Å²) in [6.45, 7) is 0. The van der Waals surface area contributed by atoms with Crippen LogP contribution in [-0.2, 0) is 0 Å². The van der Waals surface area contributed by atoms with Crippen LogP contribution in [-0.4, -0.2) is 10.4 Å². The topological polar surface area (TPSA) is 29.3 Å². The van der Waals surface area contributed by atoms with Crippen molar-refractivity contribution in [3.63, 3.8) is 0 Å². The predicted molar refractivity (Wildman–Crippen MR) is 256 cm³/mol. The van der Waals surface area contributed by atoms with Crippen LogP contribution in [0.15, 0.2) is 242 Å². The highest BCUT2D eigenvalue weighted by Gasteiger charge is 2.21. The number of aliphatic imine (C=N–C) groups is 1. The van der Waals surface area contributed by atoms with E-state index in [-0.39, 0.29) is 6.04 Å². The van der Waals surface area contributed by atoms with E-state index >= 15 is 0 Å². The van der Waals surface area contributed by atoms with Gasteiger partial charge in [0.15, 0.2) is 0 Å². The first kappa shape index (κ1) is 36.1. The molecular formula is C58H41N3. The molecule has 0 bridgehead atoms. The Hall–Kier alpha value is -8.01. The lowest BCUT2D eigenvalue weighted by atomic mass is 9.95. The van der Waals surface area contributed by atoms with Crippen molar-refractivity contribution in [2.75, 3.05) is 0 Å². The molecular weight excluding hydrogens is 739 g/mol. The van der Waals surface area contributed by atoms with E-state index in [1.807, 2.05) is 0 Å². The van der Waals surface area contributed by atoms with E-state index in [0.29, 0.717) is 0 Å². The van der Waals surface area contributed by atoms with Gasteiger partial charge in [0.2, 0.25) is 0 Å². The fourth-order valence-electron chi connectivity index (χ4n) is 8.77. The van der Waals surface area contributed by atoms with Crippen LogP contribution in [0.25, 0.3) is 77.7 Å². The number of rotatable bonds is 8. The molecule has 288 valence electrons. The van der Waals surface area contributed by atoms with E-state index in [1.165, 1.54) is 60.8 Å².